The van der Waals surface area contributed by atoms with Crippen molar-refractivity contribution in [3.05, 3.63) is 40.6 Å². The van der Waals surface area contributed by atoms with E-state index in [1.807, 2.05) is 6.08 Å². The molecule has 1 heterocycles. The molecule has 0 amide bonds. The predicted molar refractivity (Wildman–Crippen MR) is 70.9 cm³/mol. The zero-order chi connectivity index (χ0) is 13.9. The Kier molecular flexibility index (Phi) is 4.39. The van der Waals surface area contributed by atoms with Crippen molar-refractivity contribution in [2.75, 3.05) is 11.9 Å². The smallest absolute Gasteiger partial charge is 0.416 e. The van der Waals surface area contributed by atoms with Crippen molar-refractivity contribution in [1.29, 1.82) is 0 Å². The number of allylic oxidation sites excluding steroid dienone is 1. The van der Waals surface area contributed by atoms with Crippen molar-refractivity contribution in [1.82, 2.24) is 0 Å². The first-order valence-electron chi connectivity index (χ1n) is 5.88. The average molecular weight is 336 g/mol. The van der Waals surface area contributed by atoms with Crippen molar-refractivity contribution in [3.8, 4) is 0 Å². The second kappa shape index (κ2) is 5.86. The number of benzene rings is 1. The van der Waals surface area contributed by atoms with Gasteiger partial charge in [0.25, 0.3) is 0 Å². The summed E-state index contributed by atoms with van der Waals surface area (Å²) in [6, 6.07) is 3.55. The molecule has 2 rings (SSSR count). The topological polar surface area (TPSA) is 21.3 Å². The molecule has 1 aromatic rings. The number of hydrogen-bond acceptors (Lipinski definition) is 2. The van der Waals surface area contributed by atoms with Gasteiger partial charge in [0.1, 0.15) is 6.10 Å². The van der Waals surface area contributed by atoms with Gasteiger partial charge in [0.15, 0.2) is 0 Å². The fourth-order valence-corrected chi connectivity index (χ4v) is 2.18. The van der Waals surface area contributed by atoms with Gasteiger partial charge in [0.2, 0.25) is 0 Å². The second-order valence-corrected chi connectivity index (χ2v) is 5.13. The molecule has 0 aliphatic carbocycles. The van der Waals surface area contributed by atoms with Crippen LogP contribution in [0.2, 0.25) is 0 Å². The Morgan fingerprint density at radius 1 is 1.37 bits per heavy atom. The number of anilines is 1. The minimum Gasteiger partial charge on any atom is -0.497 e. The molecule has 1 atom stereocenters. The number of ether oxygens (including phenoxy) is 1. The van der Waals surface area contributed by atoms with Crippen LogP contribution >= 0.6 is 15.9 Å². The molecule has 1 aliphatic heterocycles. The van der Waals surface area contributed by atoms with E-state index in [2.05, 4.69) is 21.2 Å². The summed E-state index contributed by atoms with van der Waals surface area (Å²) < 4.78 is 43.8. The van der Waals surface area contributed by atoms with Gasteiger partial charge in [0, 0.05) is 10.2 Å². The van der Waals surface area contributed by atoms with Crippen LogP contribution in [0.3, 0.4) is 0 Å². The quantitative estimate of drug-likeness (QED) is 0.873. The van der Waals surface area contributed by atoms with Crippen molar-refractivity contribution < 1.29 is 17.9 Å². The number of alkyl halides is 3. The van der Waals surface area contributed by atoms with E-state index in [-0.39, 0.29) is 6.10 Å². The van der Waals surface area contributed by atoms with Crippen LogP contribution in [-0.4, -0.2) is 12.6 Å². The average Bonchev–Trinajstić information content (AvgIpc) is 2.37. The van der Waals surface area contributed by atoms with Gasteiger partial charge in [-0.1, -0.05) is 0 Å². The molecule has 0 aromatic heterocycles. The van der Waals surface area contributed by atoms with Crippen LogP contribution in [0.5, 0.6) is 0 Å². The van der Waals surface area contributed by atoms with Crippen LogP contribution in [0.15, 0.2) is 35.0 Å². The second-order valence-electron chi connectivity index (χ2n) is 4.28. The lowest BCUT2D eigenvalue weighted by Crippen LogP contribution is -2.23. The van der Waals surface area contributed by atoms with Gasteiger partial charge in [-0.25, -0.2) is 0 Å². The van der Waals surface area contributed by atoms with Gasteiger partial charge >= 0.3 is 6.18 Å². The number of halogens is 4. The fraction of sp³-hybridized carbons (Fsp3) is 0.385. The summed E-state index contributed by atoms with van der Waals surface area (Å²) in [5, 5.41) is 2.99. The van der Waals surface area contributed by atoms with E-state index in [4.69, 9.17) is 4.74 Å². The zero-order valence-corrected chi connectivity index (χ0v) is 11.6. The molecule has 0 saturated carbocycles. The van der Waals surface area contributed by atoms with Crippen molar-refractivity contribution >= 4 is 21.6 Å². The van der Waals surface area contributed by atoms with Crippen LogP contribution in [0.1, 0.15) is 18.4 Å². The first kappa shape index (κ1) is 14.2. The fourth-order valence-electron chi connectivity index (χ4n) is 1.80. The van der Waals surface area contributed by atoms with Crippen molar-refractivity contribution in [2.24, 2.45) is 0 Å². The molecule has 1 aliphatic rings. The maximum absolute atomic E-state index is 12.6. The van der Waals surface area contributed by atoms with Crippen LogP contribution < -0.4 is 5.32 Å². The van der Waals surface area contributed by atoms with Gasteiger partial charge in [-0.15, -0.1) is 0 Å². The van der Waals surface area contributed by atoms with Crippen LogP contribution in [0, 0.1) is 0 Å². The summed E-state index contributed by atoms with van der Waals surface area (Å²) in [6.45, 7) is 0.476. The van der Waals surface area contributed by atoms with Crippen LogP contribution in [-0.2, 0) is 10.9 Å². The van der Waals surface area contributed by atoms with E-state index in [1.165, 1.54) is 6.07 Å². The molecule has 0 saturated heterocycles. The molecule has 1 N–H and O–H groups in total. The summed E-state index contributed by atoms with van der Waals surface area (Å²) in [7, 11) is 0. The normalized spacial score (nSPS) is 19.1. The maximum Gasteiger partial charge on any atom is 0.416 e. The zero-order valence-electron chi connectivity index (χ0n) is 10.0. The summed E-state index contributed by atoms with van der Waals surface area (Å²) in [6.07, 6.45) is 1.01. The Hall–Kier alpha value is -1.17. The SMILES string of the molecule is FC(F)(F)c1ccc(Br)c(NCC2CCC=CO2)c1. The van der Waals surface area contributed by atoms with Gasteiger partial charge in [-0.05, 0) is 53.0 Å². The lowest BCUT2D eigenvalue weighted by molar-refractivity contribution is -0.137. The van der Waals surface area contributed by atoms with Gasteiger partial charge < -0.3 is 10.1 Å². The number of nitrogens with one attached hydrogen (secondary N) is 1. The van der Waals surface area contributed by atoms with E-state index in [0.717, 1.165) is 25.0 Å². The van der Waals surface area contributed by atoms with Gasteiger partial charge in [-0.3, -0.25) is 0 Å². The Morgan fingerprint density at radius 2 is 2.16 bits per heavy atom. The molecule has 0 radical (unpaired) electrons. The first-order valence-corrected chi connectivity index (χ1v) is 6.67. The van der Waals surface area contributed by atoms with E-state index >= 15 is 0 Å². The number of rotatable bonds is 3. The Morgan fingerprint density at radius 3 is 2.79 bits per heavy atom. The van der Waals surface area contributed by atoms with E-state index in [1.54, 1.807) is 6.26 Å². The van der Waals surface area contributed by atoms with E-state index < -0.39 is 11.7 Å². The molecular formula is C13H13BrF3NO. The molecule has 0 spiro atoms. The van der Waals surface area contributed by atoms with E-state index in [0.29, 0.717) is 16.7 Å². The Bertz CT molecular complexity index is 473. The van der Waals surface area contributed by atoms with Crippen LogP contribution in [0.4, 0.5) is 18.9 Å². The summed E-state index contributed by atoms with van der Waals surface area (Å²) in [5.74, 6) is 0. The number of hydrogen-bond donors (Lipinski definition) is 1. The molecule has 19 heavy (non-hydrogen) atoms. The maximum atomic E-state index is 12.6. The van der Waals surface area contributed by atoms with Crippen LogP contribution in [0.25, 0.3) is 0 Å². The third-order valence-electron chi connectivity index (χ3n) is 2.84. The molecule has 0 bridgehead atoms. The molecule has 1 unspecified atom stereocenters. The molecule has 2 nitrogen and oxygen atoms in total. The third kappa shape index (κ3) is 3.89. The van der Waals surface area contributed by atoms with Crippen molar-refractivity contribution in [2.45, 2.75) is 25.1 Å². The molecule has 104 valence electrons. The summed E-state index contributed by atoms with van der Waals surface area (Å²) in [4.78, 5) is 0. The molecule has 0 fully saturated rings. The lowest BCUT2D eigenvalue weighted by Gasteiger charge is -2.21. The highest BCUT2D eigenvalue weighted by Crippen LogP contribution is 2.34. The van der Waals surface area contributed by atoms with E-state index in [9.17, 15) is 13.2 Å². The minimum atomic E-state index is -4.33. The summed E-state index contributed by atoms with van der Waals surface area (Å²) >= 11 is 3.24. The van der Waals surface area contributed by atoms with Crippen molar-refractivity contribution in [3.63, 3.8) is 0 Å². The molecule has 6 heteroatoms. The largest absolute Gasteiger partial charge is 0.497 e. The summed E-state index contributed by atoms with van der Waals surface area (Å²) in [5.41, 5.74) is -0.240. The predicted octanol–water partition coefficient (Wildman–Crippen LogP) is 4.57. The lowest BCUT2D eigenvalue weighted by atomic mass is 10.1. The highest BCUT2D eigenvalue weighted by Gasteiger charge is 2.30. The van der Waals surface area contributed by atoms with Gasteiger partial charge in [-0.2, -0.15) is 13.2 Å². The standard InChI is InChI=1S/C13H13BrF3NO/c14-11-5-4-9(13(15,16)17)7-12(11)18-8-10-3-1-2-6-19-10/h2,4-7,10,18H,1,3,8H2. The first-order chi connectivity index (χ1) is 8.97. The minimum absolute atomic E-state index is 0.00792. The molecular weight excluding hydrogens is 323 g/mol. The Labute approximate surface area is 117 Å². The Balaban J connectivity index is 2.04. The highest BCUT2D eigenvalue weighted by atomic mass is 79.9. The highest BCUT2D eigenvalue weighted by molar-refractivity contribution is 9.10. The third-order valence-corrected chi connectivity index (χ3v) is 3.53. The monoisotopic (exact) mass is 335 g/mol. The van der Waals surface area contributed by atoms with Gasteiger partial charge in [0.05, 0.1) is 18.4 Å². The molecule has 1 aromatic carbocycles.